The third kappa shape index (κ3) is 2.07. The molecule has 7 nitrogen and oxygen atoms in total. The van der Waals surface area contributed by atoms with Gasteiger partial charge in [0.25, 0.3) is 15.9 Å². The van der Waals surface area contributed by atoms with Crippen LogP contribution in [0, 0.1) is 6.92 Å². The van der Waals surface area contributed by atoms with Crippen molar-refractivity contribution in [2.24, 2.45) is 12.2 Å². The highest BCUT2D eigenvalue weighted by Crippen LogP contribution is 2.18. The average Bonchev–Trinajstić information content (AvgIpc) is 2.38. The predicted molar refractivity (Wildman–Crippen MR) is 57.3 cm³/mol. The van der Waals surface area contributed by atoms with Gasteiger partial charge in [-0.25, -0.2) is 13.6 Å². The highest BCUT2D eigenvalue weighted by molar-refractivity contribution is 7.89. The molecule has 0 aliphatic carbocycles. The number of rotatable bonds is 2. The minimum absolute atomic E-state index is 0.0231. The number of amides is 1. The van der Waals surface area contributed by atoms with Crippen LogP contribution in [0.25, 0.3) is 0 Å². The van der Waals surface area contributed by atoms with Crippen LogP contribution in [0.3, 0.4) is 0 Å². The zero-order valence-electron chi connectivity index (χ0n) is 9.55. The molecule has 0 aliphatic rings. The van der Waals surface area contributed by atoms with Crippen LogP contribution in [0.2, 0.25) is 0 Å². The highest BCUT2D eigenvalue weighted by Gasteiger charge is 2.28. The van der Waals surface area contributed by atoms with Crippen LogP contribution < -0.4 is 5.14 Å². The molecular weight excluding hydrogens is 232 g/mol. The zero-order chi connectivity index (χ0) is 12.7. The summed E-state index contributed by atoms with van der Waals surface area (Å²) in [7, 11) is 0.520. The number of sulfonamides is 1. The van der Waals surface area contributed by atoms with Gasteiger partial charge >= 0.3 is 0 Å². The topological polar surface area (TPSA) is 98.3 Å². The lowest BCUT2D eigenvalue weighted by molar-refractivity contribution is 0.0822. The normalized spacial score (nSPS) is 11.6. The third-order valence-corrected chi connectivity index (χ3v) is 3.07. The molecule has 0 bridgehead atoms. The first kappa shape index (κ1) is 12.7. The summed E-state index contributed by atoms with van der Waals surface area (Å²) in [5.41, 5.74) is 0.361. The second-order valence-electron chi connectivity index (χ2n) is 3.63. The molecule has 1 aromatic rings. The summed E-state index contributed by atoms with van der Waals surface area (Å²) < 4.78 is 23.8. The molecule has 0 radical (unpaired) electrons. The van der Waals surface area contributed by atoms with Gasteiger partial charge in [-0.2, -0.15) is 5.10 Å². The van der Waals surface area contributed by atoms with Crippen LogP contribution in [0.1, 0.15) is 16.1 Å². The van der Waals surface area contributed by atoms with Crippen LogP contribution in [0.5, 0.6) is 0 Å². The zero-order valence-corrected chi connectivity index (χ0v) is 10.4. The van der Waals surface area contributed by atoms with Crippen molar-refractivity contribution in [3.05, 3.63) is 11.3 Å². The van der Waals surface area contributed by atoms with Crippen molar-refractivity contribution in [1.82, 2.24) is 14.7 Å². The molecule has 90 valence electrons. The van der Waals surface area contributed by atoms with E-state index in [1.807, 2.05) is 0 Å². The lowest BCUT2D eigenvalue weighted by Crippen LogP contribution is -2.26. The van der Waals surface area contributed by atoms with Gasteiger partial charge in [0.05, 0.1) is 5.69 Å². The van der Waals surface area contributed by atoms with Gasteiger partial charge in [-0.05, 0) is 6.92 Å². The van der Waals surface area contributed by atoms with Gasteiger partial charge in [0.15, 0.2) is 5.03 Å². The van der Waals surface area contributed by atoms with Crippen molar-refractivity contribution in [3.8, 4) is 0 Å². The molecule has 0 saturated carbocycles. The van der Waals surface area contributed by atoms with E-state index in [1.165, 1.54) is 26.0 Å². The van der Waals surface area contributed by atoms with E-state index in [1.54, 1.807) is 6.92 Å². The average molecular weight is 246 g/mol. The van der Waals surface area contributed by atoms with E-state index in [-0.39, 0.29) is 10.6 Å². The SMILES string of the molecule is Cc1nn(C)c(S(N)(=O)=O)c1C(=O)N(C)C. The number of hydrogen-bond acceptors (Lipinski definition) is 4. The minimum atomic E-state index is -3.97. The van der Waals surface area contributed by atoms with Crippen LogP contribution in [-0.2, 0) is 17.1 Å². The lowest BCUT2D eigenvalue weighted by Gasteiger charge is -2.10. The van der Waals surface area contributed by atoms with Crippen LogP contribution in [0.15, 0.2) is 5.03 Å². The number of carbonyl (C=O) groups excluding carboxylic acids is 1. The Morgan fingerprint density at radius 2 is 1.94 bits per heavy atom. The van der Waals surface area contributed by atoms with Crippen LogP contribution in [0.4, 0.5) is 0 Å². The fraction of sp³-hybridized carbons (Fsp3) is 0.500. The summed E-state index contributed by atoms with van der Waals surface area (Å²) in [6.07, 6.45) is 0. The molecule has 1 rings (SSSR count). The van der Waals surface area contributed by atoms with Gasteiger partial charge < -0.3 is 4.90 Å². The van der Waals surface area contributed by atoms with E-state index in [2.05, 4.69) is 5.10 Å². The minimum Gasteiger partial charge on any atom is -0.345 e. The van der Waals surface area contributed by atoms with E-state index in [0.717, 1.165) is 4.68 Å². The fourth-order valence-corrected chi connectivity index (χ4v) is 2.36. The van der Waals surface area contributed by atoms with E-state index < -0.39 is 15.9 Å². The van der Waals surface area contributed by atoms with E-state index >= 15 is 0 Å². The number of hydrogen-bond donors (Lipinski definition) is 1. The van der Waals surface area contributed by atoms with Crippen molar-refractivity contribution < 1.29 is 13.2 Å². The Hall–Kier alpha value is -1.41. The van der Waals surface area contributed by atoms with Crippen LogP contribution in [-0.4, -0.2) is 43.1 Å². The molecule has 0 spiro atoms. The molecule has 0 unspecified atom stereocenters. The molecule has 8 heteroatoms. The third-order valence-electron chi connectivity index (χ3n) is 2.06. The number of nitrogens with two attached hydrogens (primary N) is 1. The molecule has 1 aromatic heterocycles. The van der Waals surface area contributed by atoms with Crippen molar-refractivity contribution in [2.45, 2.75) is 11.9 Å². The largest absolute Gasteiger partial charge is 0.345 e. The Bertz CT molecular complexity index is 530. The molecule has 0 fully saturated rings. The van der Waals surface area contributed by atoms with E-state index in [0.29, 0.717) is 5.69 Å². The Morgan fingerprint density at radius 3 is 2.31 bits per heavy atom. The predicted octanol–water partition coefficient (Wildman–Crippen LogP) is -0.922. The highest BCUT2D eigenvalue weighted by atomic mass is 32.2. The smallest absolute Gasteiger partial charge is 0.258 e. The molecular formula is C8H14N4O3S. The maximum atomic E-state index is 11.8. The second kappa shape index (κ2) is 3.87. The molecule has 2 N–H and O–H groups in total. The Kier molecular flexibility index (Phi) is 3.06. The fourth-order valence-electron chi connectivity index (χ4n) is 1.43. The number of primary sulfonamides is 1. The molecule has 0 atom stereocenters. The van der Waals surface area contributed by atoms with Gasteiger partial charge in [0, 0.05) is 21.1 Å². The first-order valence-electron chi connectivity index (χ1n) is 4.44. The Balaban J connectivity index is 3.57. The van der Waals surface area contributed by atoms with Gasteiger partial charge in [-0.1, -0.05) is 0 Å². The molecule has 1 heterocycles. The van der Waals surface area contributed by atoms with Crippen molar-refractivity contribution in [2.75, 3.05) is 14.1 Å². The monoisotopic (exact) mass is 246 g/mol. The summed E-state index contributed by atoms with van der Waals surface area (Å²) in [4.78, 5) is 13.1. The first-order chi connectivity index (χ1) is 7.16. The van der Waals surface area contributed by atoms with Crippen LogP contribution >= 0.6 is 0 Å². The molecule has 0 aromatic carbocycles. The standard InChI is InChI=1S/C8H14N4O3S/c1-5-6(7(13)11(2)3)8(12(4)10-5)16(9,14)15/h1-4H3,(H2,9,14,15). The maximum Gasteiger partial charge on any atom is 0.258 e. The number of aromatic nitrogens is 2. The van der Waals surface area contributed by atoms with Crippen molar-refractivity contribution in [1.29, 1.82) is 0 Å². The van der Waals surface area contributed by atoms with E-state index in [4.69, 9.17) is 5.14 Å². The van der Waals surface area contributed by atoms with E-state index in [9.17, 15) is 13.2 Å². The summed E-state index contributed by atoms with van der Waals surface area (Å²) in [6, 6.07) is 0. The summed E-state index contributed by atoms with van der Waals surface area (Å²) >= 11 is 0. The second-order valence-corrected chi connectivity index (χ2v) is 5.11. The molecule has 0 saturated heterocycles. The molecule has 0 aliphatic heterocycles. The van der Waals surface area contributed by atoms with Gasteiger partial charge in [-0.15, -0.1) is 0 Å². The number of carbonyl (C=O) groups is 1. The molecule has 16 heavy (non-hydrogen) atoms. The summed E-state index contributed by atoms with van der Waals surface area (Å²) in [6.45, 7) is 1.56. The van der Waals surface area contributed by atoms with Crippen molar-refractivity contribution >= 4 is 15.9 Å². The summed E-state index contributed by atoms with van der Waals surface area (Å²) in [5, 5.41) is 8.68. The quantitative estimate of drug-likeness (QED) is 0.729. The maximum absolute atomic E-state index is 11.8. The lowest BCUT2D eigenvalue weighted by atomic mass is 10.2. The number of nitrogens with zero attached hydrogens (tertiary/aromatic N) is 3. The Labute approximate surface area is 93.9 Å². The molecule has 1 amide bonds. The number of aryl methyl sites for hydroxylation is 2. The van der Waals surface area contributed by atoms with Crippen molar-refractivity contribution in [3.63, 3.8) is 0 Å². The summed E-state index contributed by atoms with van der Waals surface area (Å²) in [5.74, 6) is -0.436. The van der Waals surface area contributed by atoms with Gasteiger partial charge in [0.1, 0.15) is 5.56 Å². The first-order valence-corrected chi connectivity index (χ1v) is 5.99. The van der Waals surface area contributed by atoms with Gasteiger partial charge in [0.2, 0.25) is 0 Å². The Morgan fingerprint density at radius 1 is 1.44 bits per heavy atom. The van der Waals surface area contributed by atoms with Gasteiger partial charge in [-0.3, -0.25) is 9.48 Å².